The third-order valence-corrected chi connectivity index (χ3v) is 4.77. The zero-order valence-corrected chi connectivity index (χ0v) is 16.1. The normalized spacial score (nSPS) is 19.1. The number of alkyl halides is 3. The first kappa shape index (κ1) is 21.1. The summed E-state index contributed by atoms with van der Waals surface area (Å²) in [6.45, 7) is 3.62. The van der Waals surface area contributed by atoms with Crippen molar-refractivity contribution in [3.63, 3.8) is 0 Å². The van der Waals surface area contributed by atoms with Crippen LogP contribution in [0, 0.1) is 5.82 Å². The number of hydrogen-bond donors (Lipinski definition) is 1. The highest BCUT2D eigenvalue weighted by Gasteiger charge is 2.39. The van der Waals surface area contributed by atoms with Crippen molar-refractivity contribution in [2.24, 2.45) is 0 Å². The molecule has 156 valence electrons. The molecule has 2 aromatic carbocycles. The van der Waals surface area contributed by atoms with Crippen LogP contribution in [0.2, 0.25) is 0 Å². The molecule has 0 spiro atoms. The van der Waals surface area contributed by atoms with Crippen LogP contribution in [0.3, 0.4) is 0 Å². The van der Waals surface area contributed by atoms with Crippen molar-refractivity contribution in [3.8, 4) is 5.75 Å². The molecule has 2 atom stereocenters. The number of hydrogen-bond acceptors (Lipinski definition) is 3. The number of nitrogens with one attached hydrogen (secondary N) is 1. The zero-order valence-electron chi connectivity index (χ0n) is 16.1. The molecule has 1 aliphatic rings. The molecule has 0 fully saturated rings. The van der Waals surface area contributed by atoms with Gasteiger partial charge in [-0.25, -0.2) is 4.39 Å². The minimum absolute atomic E-state index is 0.286. The van der Waals surface area contributed by atoms with Gasteiger partial charge in [-0.05, 0) is 38.1 Å². The van der Waals surface area contributed by atoms with E-state index >= 15 is 0 Å². The van der Waals surface area contributed by atoms with E-state index in [9.17, 15) is 22.4 Å². The lowest BCUT2D eigenvalue weighted by molar-refractivity contribution is -0.141. The van der Waals surface area contributed by atoms with E-state index in [1.807, 2.05) is 13.8 Å². The Bertz CT molecular complexity index is 911. The second-order valence-corrected chi connectivity index (χ2v) is 7.51. The maximum Gasteiger partial charge on any atom is 0.416 e. The number of amides is 1. The highest BCUT2D eigenvalue weighted by Crippen LogP contribution is 2.41. The smallest absolute Gasteiger partial charge is 0.416 e. The van der Waals surface area contributed by atoms with Crippen molar-refractivity contribution in [1.29, 1.82) is 0 Å². The lowest BCUT2D eigenvalue weighted by atomic mass is 9.89. The van der Waals surface area contributed by atoms with Crippen LogP contribution < -0.4 is 10.1 Å². The number of fused-ring (bicyclic) bond motifs is 1. The first-order valence-corrected chi connectivity index (χ1v) is 8.99. The molecule has 4 nitrogen and oxygen atoms in total. The average Bonchev–Trinajstić information content (AvgIpc) is 2.62. The van der Waals surface area contributed by atoms with Gasteiger partial charge in [-0.3, -0.25) is 4.79 Å². The highest BCUT2D eigenvalue weighted by atomic mass is 19.4. The first-order valence-electron chi connectivity index (χ1n) is 8.99. The number of halogens is 4. The Morgan fingerprint density at radius 1 is 1.24 bits per heavy atom. The number of carbonyl (C=O) groups is 1. The van der Waals surface area contributed by atoms with Crippen molar-refractivity contribution >= 4 is 5.91 Å². The van der Waals surface area contributed by atoms with Gasteiger partial charge in [0.15, 0.2) is 6.10 Å². The Balaban J connectivity index is 1.93. The quantitative estimate of drug-likeness (QED) is 0.725. The van der Waals surface area contributed by atoms with E-state index < -0.39 is 41.2 Å². The number of rotatable bonds is 4. The van der Waals surface area contributed by atoms with Gasteiger partial charge in [-0.1, -0.05) is 18.2 Å². The topological polar surface area (TPSA) is 47.6 Å². The molecule has 29 heavy (non-hydrogen) atoms. The van der Waals surface area contributed by atoms with Crippen molar-refractivity contribution in [2.45, 2.75) is 44.2 Å². The molecule has 0 saturated heterocycles. The monoisotopic (exact) mass is 411 g/mol. The molecule has 2 unspecified atom stereocenters. The van der Waals surface area contributed by atoms with Gasteiger partial charge in [0.2, 0.25) is 0 Å². The van der Waals surface area contributed by atoms with Gasteiger partial charge >= 0.3 is 6.18 Å². The Labute approximate surface area is 165 Å². The Kier molecular flexibility index (Phi) is 5.58. The summed E-state index contributed by atoms with van der Waals surface area (Å²) in [4.78, 5) is 12.9. The lowest BCUT2D eigenvalue weighted by Gasteiger charge is -2.38. The highest BCUT2D eigenvalue weighted by molar-refractivity contribution is 5.83. The van der Waals surface area contributed by atoms with Crippen LogP contribution in [-0.4, -0.2) is 18.6 Å². The van der Waals surface area contributed by atoms with Crippen molar-refractivity contribution in [2.75, 3.05) is 7.11 Å². The maximum atomic E-state index is 13.8. The van der Waals surface area contributed by atoms with Crippen LogP contribution >= 0.6 is 0 Å². The van der Waals surface area contributed by atoms with Gasteiger partial charge in [-0.2, -0.15) is 13.2 Å². The summed E-state index contributed by atoms with van der Waals surface area (Å²) in [6.07, 6.45) is -5.80. The van der Waals surface area contributed by atoms with Gasteiger partial charge in [0.25, 0.3) is 5.91 Å². The average molecular weight is 411 g/mol. The van der Waals surface area contributed by atoms with Crippen molar-refractivity contribution in [1.82, 2.24) is 5.32 Å². The number of methoxy groups -OCH3 is 1. The summed E-state index contributed by atoms with van der Waals surface area (Å²) in [6, 6.07) is 8.08. The van der Waals surface area contributed by atoms with E-state index in [1.165, 1.54) is 43.5 Å². The predicted octanol–water partition coefficient (Wildman–Crippen LogP) is 4.95. The van der Waals surface area contributed by atoms with E-state index in [0.717, 1.165) is 6.07 Å². The lowest BCUT2D eigenvalue weighted by Crippen LogP contribution is -2.43. The fraction of sp³-hybridized carbons (Fsp3) is 0.381. The van der Waals surface area contributed by atoms with Crippen LogP contribution in [0.5, 0.6) is 5.75 Å². The van der Waals surface area contributed by atoms with E-state index in [1.54, 1.807) is 0 Å². The molecular weight excluding hydrogens is 390 g/mol. The molecule has 0 saturated carbocycles. The molecule has 0 bridgehead atoms. The van der Waals surface area contributed by atoms with Gasteiger partial charge in [0.1, 0.15) is 17.2 Å². The molecule has 1 aliphatic heterocycles. The summed E-state index contributed by atoms with van der Waals surface area (Å²) >= 11 is 0. The second-order valence-electron chi connectivity index (χ2n) is 7.51. The Hall–Kier alpha value is -2.61. The minimum Gasteiger partial charge on any atom is -0.487 e. The summed E-state index contributed by atoms with van der Waals surface area (Å²) in [5, 5.41) is 2.71. The van der Waals surface area contributed by atoms with Gasteiger partial charge in [0, 0.05) is 24.7 Å². The summed E-state index contributed by atoms with van der Waals surface area (Å²) in [5.41, 5.74) is -1.46. The molecular formula is C21H21F4NO3. The molecule has 1 heterocycles. The van der Waals surface area contributed by atoms with E-state index in [4.69, 9.17) is 9.47 Å². The summed E-state index contributed by atoms with van der Waals surface area (Å²) < 4.78 is 64.8. The standard InChI is InChI=1S/C21H21F4NO3/c1-20(2)11-16(14-10-12(22)8-9-17(14)29-20)26-19(27)18(28-3)13-6-4-5-7-15(13)21(23,24)25/h4-10,16,18H,11H2,1-3H3,(H,26,27). The van der Waals surface area contributed by atoms with Crippen molar-refractivity contribution < 1.29 is 31.8 Å². The first-order chi connectivity index (χ1) is 13.5. The van der Waals surface area contributed by atoms with Crippen LogP contribution in [0.25, 0.3) is 0 Å². The zero-order chi connectivity index (χ0) is 21.4. The predicted molar refractivity (Wildman–Crippen MR) is 97.8 cm³/mol. The Morgan fingerprint density at radius 2 is 1.93 bits per heavy atom. The SMILES string of the molecule is COC(C(=O)NC1CC(C)(C)Oc2ccc(F)cc21)c1ccccc1C(F)(F)F. The fourth-order valence-electron chi connectivity index (χ4n) is 3.56. The number of carbonyl (C=O) groups excluding carboxylic acids is 1. The summed E-state index contributed by atoms with van der Waals surface area (Å²) in [7, 11) is 1.17. The molecule has 0 aromatic heterocycles. The minimum atomic E-state index is -4.63. The summed E-state index contributed by atoms with van der Waals surface area (Å²) in [5.74, 6) is -0.836. The largest absolute Gasteiger partial charge is 0.487 e. The van der Waals surface area contributed by atoms with Crippen LogP contribution in [0.4, 0.5) is 17.6 Å². The third-order valence-electron chi connectivity index (χ3n) is 4.77. The third kappa shape index (κ3) is 4.53. The molecule has 8 heteroatoms. The fourth-order valence-corrected chi connectivity index (χ4v) is 3.56. The molecule has 3 rings (SSSR count). The molecule has 1 amide bonds. The maximum absolute atomic E-state index is 13.8. The van der Waals surface area contributed by atoms with Crippen LogP contribution in [0.15, 0.2) is 42.5 Å². The molecule has 0 aliphatic carbocycles. The van der Waals surface area contributed by atoms with Crippen LogP contribution in [0.1, 0.15) is 49.1 Å². The van der Waals surface area contributed by atoms with Crippen LogP contribution in [-0.2, 0) is 15.7 Å². The van der Waals surface area contributed by atoms with E-state index in [0.29, 0.717) is 17.7 Å². The second kappa shape index (κ2) is 7.67. The van der Waals surface area contributed by atoms with Crippen molar-refractivity contribution in [3.05, 3.63) is 65.0 Å². The van der Waals surface area contributed by atoms with Gasteiger partial charge in [-0.15, -0.1) is 0 Å². The van der Waals surface area contributed by atoms with E-state index in [-0.39, 0.29) is 5.56 Å². The van der Waals surface area contributed by atoms with Gasteiger partial charge in [0.05, 0.1) is 11.6 Å². The number of benzene rings is 2. The molecule has 1 N–H and O–H groups in total. The molecule has 0 radical (unpaired) electrons. The Morgan fingerprint density at radius 3 is 2.59 bits per heavy atom. The van der Waals surface area contributed by atoms with E-state index in [2.05, 4.69) is 5.32 Å². The number of ether oxygens (including phenoxy) is 2. The van der Waals surface area contributed by atoms with Gasteiger partial charge < -0.3 is 14.8 Å². The molecule has 2 aromatic rings.